The van der Waals surface area contributed by atoms with Crippen LogP contribution in [0.3, 0.4) is 0 Å². The number of anilines is 1. The average Bonchev–Trinajstić information content (AvgIpc) is 3.14. The molecule has 1 saturated heterocycles. The van der Waals surface area contributed by atoms with E-state index in [0.29, 0.717) is 18.2 Å². The third-order valence-corrected chi connectivity index (χ3v) is 4.36. The molecular formula is C18H24FN5O. The van der Waals surface area contributed by atoms with Crippen LogP contribution >= 0.6 is 0 Å². The zero-order chi connectivity index (χ0) is 17.6. The largest absolute Gasteiger partial charge is 0.367 e. The summed E-state index contributed by atoms with van der Waals surface area (Å²) in [5, 5.41) is 10.5. The molecule has 1 aliphatic heterocycles. The summed E-state index contributed by atoms with van der Waals surface area (Å²) in [5.74, 6) is 0.541. The fraction of sp³-hybridized carbons (Fsp3) is 0.444. The molecule has 0 radical (unpaired) electrons. The molecule has 1 aromatic carbocycles. The maximum absolute atomic E-state index is 14.2. The van der Waals surface area contributed by atoms with Crippen molar-refractivity contribution in [2.24, 2.45) is 4.99 Å². The fourth-order valence-electron chi connectivity index (χ4n) is 3.07. The van der Waals surface area contributed by atoms with E-state index in [4.69, 9.17) is 4.52 Å². The first-order chi connectivity index (χ1) is 12.2. The standard InChI is InChI=1S/C18H24FN5O/c1-13-5-6-16(19)17(10-13)24-8-3-4-15(12-24)22-18(20-2)21-11-14-7-9-25-23-14/h5-7,9-10,15H,3-4,8,11-12H2,1-2H3,(H2,20,21,22)/t15-/m1/s1. The molecule has 1 aliphatic rings. The fourth-order valence-corrected chi connectivity index (χ4v) is 3.07. The molecule has 1 atom stereocenters. The van der Waals surface area contributed by atoms with E-state index in [1.807, 2.05) is 19.1 Å². The summed E-state index contributed by atoms with van der Waals surface area (Å²) in [6, 6.07) is 7.27. The van der Waals surface area contributed by atoms with Crippen LogP contribution in [0.25, 0.3) is 0 Å². The molecule has 0 amide bonds. The van der Waals surface area contributed by atoms with Gasteiger partial charge in [0.1, 0.15) is 17.8 Å². The van der Waals surface area contributed by atoms with Gasteiger partial charge in [0.2, 0.25) is 0 Å². The van der Waals surface area contributed by atoms with Gasteiger partial charge in [0.25, 0.3) is 0 Å². The Bertz CT molecular complexity index is 716. The highest BCUT2D eigenvalue weighted by molar-refractivity contribution is 5.80. The highest BCUT2D eigenvalue weighted by Gasteiger charge is 2.23. The van der Waals surface area contributed by atoms with Gasteiger partial charge < -0.3 is 20.1 Å². The third kappa shape index (κ3) is 4.49. The summed E-state index contributed by atoms with van der Waals surface area (Å²) < 4.78 is 19.0. The summed E-state index contributed by atoms with van der Waals surface area (Å²) in [6.45, 7) is 4.13. The van der Waals surface area contributed by atoms with Crippen LogP contribution in [-0.2, 0) is 6.54 Å². The van der Waals surface area contributed by atoms with Crippen molar-refractivity contribution in [1.29, 1.82) is 0 Å². The molecule has 7 heteroatoms. The Morgan fingerprint density at radius 3 is 3.08 bits per heavy atom. The van der Waals surface area contributed by atoms with Crippen molar-refractivity contribution in [3.05, 3.63) is 47.6 Å². The number of piperidine rings is 1. The number of rotatable bonds is 4. The van der Waals surface area contributed by atoms with Gasteiger partial charge in [0.15, 0.2) is 5.96 Å². The summed E-state index contributed by atoms with van der Waals surface area (Å²) in [6.07, 6.45) is 3.57. The van der Waals surface area contributed by atoms with Gasteiger partial charge in [0.05, 0.1) is 12.2 Å². The summed E-state index contributed by atoms with van der Waals surface area (Å²) in [7, 11) is 1.74. The Morgan fingerprint density at radius 1 is 1.44 bits per heavy atom. The maximum atomic E-state index is 14.2. The SMILES string of the molecule is CN=C(NCc1ccon1)N[C@@H]1CCCN(c2cc(C)ccc2F)C1. The summed E-state index contributed by atoms with van der Waals surface area (Å²) in [4.78, 5) is 6.36. The zero-order valence-electron chi connectivity index (χ0n) is 14.6. The number of guanidine groups is 1. The van der Waals surface area contributed by atoms with Gasteiger partial charge in [-0.25, -0.2) is 4.39 Å². The van der Waals surface area contributed by atoms with E-state index in [-0.39, 0.29) is 11.9 Å². The topological polar surface area (TPSA) is 65.7 Å². The highest BCUT2D eigenvalue weighted by Crippen LogP contribution is 2.24. The molecule has 0 unspecified atom stereocenters. The van der Waals surface area contributed by atoms with Crippen LogP contribution < -0.4 is 15.5 Å². The van der Waals surface area contributed by atoms with Gasteiger partial charge in [0, 0.05) is 32.2 Å². The van der Waals surface area contributed by atoms with Crippen LogP contribution in [0, 0.1) is 12.7 Å². The molecule has 0 bridgehead atoms. The van der Waals surface area contributed by atoms with Crippen LogP contribution in [0.4, 0.5) is 10.1 Å². The number of nitrogens with one attached hydrogen (secondary N) is 2. The molecule has 1 aromatic heterocycles. The van der Waals surface area contributed by atoms with Gasteiger partial charge in [-0.3, -0.25) is 4.99 Å². The first-order valence-electron chi connectivity index (χ1n) is 8.53. The first kappa shape index (κ1) is 17.3. The van der Waals surface area contributed by atoms with Gasteiger partial charge in [-0.2, -0.15) is 0 Å². The molecule has 134 valence electrons. The number of benzene rings is 1. The van der Waals surface area contributed by atoms with Gasteiger partial charge in [-0.05, 0) is 37.5 Å². The van der Waals surface area contributed by atoms with Crippen LogP contribution in [0.1, 0.15) is 24.1 Å². The summed E-state index contributed by atoms with van der Waals surface area (Å²) >= 11 is 0. The molecule has 2 aromatic rings. The second kappa shape index (κ2) is 8.00. The first-order valence-corrected chi connectivity index (χ1v) is 8.53. The van der Waals surface area contributed by atoms with Gasteiger partial charge >= 0.3 is 0 Å². The Hall–Kier alpha value is -2.57. The molecule has 1 fully saturated rings. The molecule has 0 spiro atoms. The van der Waals surface area contributed by atoms with E-state index in [1.165, 1.54) is 0 Å². The molecule has 3 rings (SSSR count). The van der Waals surface area contributed by atoms with E-state index in [1.54, 1.807) is 25.4 Å². The Kier molecular flexibility index (Phi) is 5.53. The van der Waals surface area contributed by atoms with E-state index in [9.17, 15) is 4.39 Å². The second-order valence-electron chi connectivity index (χ2n) is 6.30. The number of aliphatic imine (C=N–C) groups is 1. The number of halogens is 1. The molecule has 0 aliphatic carbocycles. The number of aryl methyl sites for hydroxylation is 1. The average molecular weight is 345 g/mol. The van der Waals surface area contributed by atoms with Gasteiger partial charge in [-0.1, -0.05) is 11.2 Å². The minimum atomic E-state index is -0.167. The van der Waals surface area contributed by atoms with E-state index in [2.05, 4.69) is 25.7 Å². The molecule has 25 heavy (non-hydrogen) atoms. The Balaban J connectivity index is 1.59. The van der Waals surface area contributed by atoms with Crippen molar-refractivity contribution >= 4 is 11.6 Å². The van der Waals surface area contributed by atoms with Crippen molar-refractivity contribution in [2.45, 2.75) is 32.4 Å². The van der Waals surface area contributed by atoms with Crippen LogP contribution in [0.5, 0.6) is 0 Å². The van der Waals surface area contributed by atoms with E-state index < -0.39 is 0 Å². The Morgan fingerprint density at radius 2 is 2.32 bits per heavy atom. The van der Waals surface area contributed by atoms with Gasteiger partial charge in [-0.15, -0.1) is 0 Å². The number of nitrogens with zero attached hydrogens (tertiary/aromatic N) is 3. The normalized spacial score (nSPS) is 18.3. The number of hydrogen-bond acceptors (Lipinski definition) is 4. The predicted molar refractivity (Wildman–Crippen MR) is 96.2 cm³/mol. The smallest absolute Gasteiger partial charge is 0.191 e. The predicted octanol–water partition coefficient (Wildman–Crippen LogP) is 2.46. The monoisotopic (exact) mass is 345 g/mol. The number of hydrogen-bond donors (Lipinski definition) is 2. The third-order valence-electron chi connectivity index (χ3n) is 4.36. The number of aromatic nitrogens is 1. The lowest BCUT2D eigenvalue weighted by molar-refractivity contribution is 0.410. The molecule has 0 saturated carbocycles. The van der Waals surface area contributed by atoms with E-state index >= 15 is 0 Å². The van der Waals surface area contributed by atoms with E-state index in [0.717, 1.165) is 37.2 Å². The van der Waals surface area contributed by atoms with Crippen molar-refractivity contribution in [2.75, 3.05) is 25.0 Å². The quantitative estimate of drug-likeness (QED) is 0.658. The lowest BCUT2D eigenvalue weighted by Gasteiger charge is -2.35. The van der Waals surface area contributed by atoms with Crippen molar-refractivity contribution in [1.82, 2.24) is 15.8 Å². The lowest BCUT2D eigenvalue weighted by Crippen LogP contribution is -2.51. The maximum Gasteiger partial charge on any atom is 0.191 e. The molecule has 2 heterocycles. The molecule has 6 nitrogen and oxygen atoms in total. The van der Waals surface area contributed by atoms with Crippen molar-refractivity contribution in [3.63, 3.8) is 0 Å². The Labute approximate surface area is 147 Å². The van der Waals surface area contributed by atoms with Crippen LogP contribution in [0.15, 0.2) is 40.0 Å². The van der Waals surface area contributed by atoms with Crippen LogP contribution in [0.2, 0.25) is 0 Å². The highest BCUT2D eigenvalue weighted by atomic mass is 19.1. The van der Waals surface area contributed by atoms with Crippen LogP contribution in [-0.4, -0.2) is 37.3 Å². The minimum Gasteiger partial charge on any atom is -0.367 e. The molecule has 2 N–H and O–H groups in total. The zero-order valence-corrected chi connectivity index (χ0v) is 14.6. The summed E-state index contributed by atoms with van der Waals surface area (Å²) in [5.41, 5.74) is 2.56. The lowest BCUT2D eigenvalue weighted by atomic mass is 10.0. The van der Waals surface area contributed by atoms with Crippen molar-refractivity contribution < 1.29 is 8.91 Å². The molecular weight excluding hydrogens is 321 g/mol. The minimum absolute atomic E-state index is 0.167. The van der Waals surface area contributed by atoms with Crippen molar-refractivity contribution in [3.8, 4) is 0 Å². The second-order valence-corrected chi connectivity index (χ2v) is 6.30.